The molecule has 0 aromatic rings. The van der Waals surface area contributed by atoms with E-state index in [1.54, 1.807) is 0 Å². The monoisotopic (exact) mass is 275 g/mol. The predicted octanol–water partition coefficient (Wildman–Crippen LogP) is -0.370. The van der Waals surface area contributed by atoms with Crippen molar-refractivity contribution in [3.63, 3.8) is 0 Å². The molecule has 1 fully saturated rings. The quantitative estimate of drug-likeness (QED) is 0.465. The van der Waals surface area contributed by atoms with Gasteiger partial charge < -0.3 is 19.7 Å². The van der Waals surface area contributed by atoms with Gasteiger partial charge in [0, 0.05) is 19.6 Å². The van der Waals surface area contributed by atoms with Gasteiger partial charge in [0.1, 0.15) is 0 Å². The molecule has 1 saturated heterocycles. The number of hydrogen-bond acceptors (Lipinski definition) is 6. The van der Waals surface area contributed by atoms with Crippen molar-refractivity contribution in [3.05, 3.63) is 0 Å². The van der Waals surface area contributed by atoms with Crippen LogP contribution in [0.2, 0.25) is 0 Å². The number of β-amino-alcohol motifs (C(OH)–C–C–N with tert-alkyl or cyclic N) is 2. The van der Waals surface area contributed by atoms with Gasteiger partial charge in [-0.15, -0.1) is 0 Å². The second-order valence-corrected chi connectivity index (χ2v) is 5.33. The van der Waals surface area contributed by atoms with E-state index in [9.17, 15) is 15.0 Å². The first-order valence-electron chi connectivity index (χ1n) is 6.81. The summed E-state index contributed by atoms with van der Waals surface area (Å²) in [5, 5.41) is 18.7. The highest BCUT2D eigenvalue weighted by Gasteiger charge is 2.28. The largest absolute Gasteiger partial charge is 0.465 e. The van der Waals surface area contributed by atoms with Crippen LogP contribution in [0.3, 0.4) is 0 Å². The molecule has 1 heterocycles. The lowest BCUT2D eigenvalue weighted by Gasteiger charge is -2.14. The van der Waals surface area contributed by atoms with Gasteiger partial charge in [-0.25, -0.2) is 0 Å². The fourth-order valence-corrected chi connectivity index (χ4v) is 1.81. The molecule has 6 heteroatoms. The standard InChI is InChI=1S/C13H25NO5/c1-10(2)9-19-13(17)3-5-18-6-4-14-7-11(15)12(16)8-14/h10-12,15-16H,3-9H2,1-2H3/t11-,12+. The Morgan fingerprint density at radius 1 is 1.26 bits per heavy atom. The molecule has 0 saturated carbocycles. The Bertz CT molecular complexity index is 262. The highest BCUT2D eigenvalue weighted by atomic mass is 16.5. The van der Waals surface area contributed by atoms with Crippen LogP contribution in [0.15, 0.2) is 0 Å². The maximum atomic E-state index is 11.3. The van der Waals surface area contributed by atoms with Crippen molar-refractivity contribution in [2.75, 3.05) is 39.5 Å². The number of esters is 1. The van der Waals surface area contributed by atoms with E-state index in [2.05, 4.69) is 0 Å². The number of hydrogen-bond donors (Lipinski definition) is 2. The van der Waals surface area contributed by atoms with Crippen LogP contribution in [-0.2, 0) is 14.3 Å². The molecule has 1 rings (SSSR count). The van der Waals surface area contributed by atoms with Gasteiger partial charge in [0.05, 0.1) is 38.4 Å². The van der Waals surface area contributed by atoms with Crippen LogP contribution in [0, 0.1) is 5.92 Å². The lowest BCUT2D eigenvalue weighted by molar-refractivity contribution is -0.145. The van der Waals surface area contributed by atoms with Crippen molar-refractivity contribution in [2.24, 2.45) is 5.92 Å². The second kappa shape index (κ2) is 8.47. The number of likely N-dealkylation sites (tertiary alicyclic amines) is 1. The molecule has 1 aliphatic heterocycles. The molecule has 0 spiro atoms. The fourth-order valence-electron chi connectivity index (χ4n) is 1.81. The molecular formula is C13H25NO5. The molecule has 0 unspecified atom stereocenters. The molecular weight excluding hydrogens is 250 g/mol. The van der Waals surface area contributed by atoms with Gasteiger partial charge >= 0.3 is 5.97 Å². The molecule has 0 aromatic carbocycles. The van der Waals surface area contributed by atoms with Gasteiger partial charge in [-0.2, -0.15) is 0 Å². The number of carbonyl (C=O) groups excluding carboxylic acids is 1. The van der Waals surface area contributed by atoms with E-state index < -0.39 is 12.2 Å². The summed E-state index contributed by atoms with van der Waals surface area (Å²) in [5.74, 6) is 0.110. The summed E-state index contributed by atoms with van der Waals surface area (Å²) in [6.07, 6.45) is -1.06. The minimum absolute atomic E-state index is 0.235. The number of rotatable bonds is 8. The summed E-state index contributed by atoms with van der Waals surface area (Å²) < 4.78 is 10.4. The Hall–Kier alpha value is -0.690. The van der Waals surface area contributed by atoms with E-state index in [4.69, 9.17) is 9.47 Å². The van der Waals surface area contributed by atoms with Crippen molar-refractivity contribution in [3.8, 4) is 0 Å². The number of carbonyl (C=O) groups is 1. The number of nitrogens with zero attached hydrogens (tertiary/aromatic N) is 1. The number of ether oxygens (including phenoxy) is 2. The van der Waals surface area contributed by atoms with E-state index >= 15 is 0 Å². The Morgan fingerprint density at radius 3 is 2.47 bits per heavy atom. The highest BCUT2D eigenvalue weighted by Crippen LogP contribution is 2.08. The first-order chi connectivity index (χ1) is 8.99. The van der Waals surface area contributed by atoms with Crippen LogP contribution < -0.4 is 0 Å². The Balaban J connectivity index is 1.95. The van der Waals surface area contributed by atoms with E-state index in [1.165, 1.54) is 0 Å². The van der Waals surface area contributed by atoms with Crippen molar-refractivity contribution in [2.45, 2.75) is 32.5 Å². The average molecular weight is 275 g/mol. The smallest absolute Gasteiger partial charge is 0.308 e. The summed E-state index contributed by atoms with van der Waals surface area (Å²) in [6, 6.07) is 0. The van der Waals surface area contributed by atoms with Gasteiger partial charge in [-0.05, 0) is 5.92 Å². The SMILES string of the molecule is CC(C)COC(=O)CCOCCN1C[C@@H](O)[C@@H](O)C1. The summed E-state index contributed by atoms with van der Waals surface area (Å²) >= 11 is 0. The van der Waals surface area contributed by atoms with Crippen LogP contribution in [0.4, 0.5) is 0 Å². The zero-order valence-electron chi connectivity index (χ0n) is 11.7. The normalized spacial score (nSPS) is 24.1. The van der Waals surface area contributed by atoms with Gasteiger partial charge in [0.15, 0.2) is 0 Å². The lowest BCUT2D eigenvalue weighted by Crippen LogP contribution is -2.26. The maximum Gasteiger partial charge on any atom is 0.308 e. The molecule has 0 aliphatic carbocycles. The van der Waals surface area contributed by atoms with Crippen LogP contribution in [0.5, 0.6) is 0 Å². The van der Waals surface area contributed by atoms with Crippen molar-refractivity contribution < 1.29 is 24.5 Å². The fraction of sp³-hybridized carbons (Fsp3) is 0.923. The third-order valence-electron chi connectivity index (χ3n) is 2.91. The minimum atomic E-state index is -0.661. The average Bonchev–Trinajstić information content (AvgIpc) is 2.65. The Kier molecular flexibility index (Phi) is 7.30. The topological polar surface area (TPSA) is 79.2 Å². The van der Waals surface area contributed by atoms with Crippen molar-refractivity contribution >= 4 is 5.97 Å². The molecule has 2 N–H and O–H groups in total. The van der Waals surface area contributed by atoms with Gasteiger partial charge in [0.25, 0.3) is 0 Å². The molecule has 112 valence electrons. The zero-order valence-corrected chi connectivity index (χ0v) is 11.7. The summed E-state index contributed by atoms with van der Waals surface area (Å²) in [5.41, 5.74) is 0. The maximum absolute atomic E-state index is 11.3. The van der Waals surface area contributed by atoms with Crippen molar-refractivity contribution in [1.29, 1.82) is 0 Å². The lowest BCUT2D eigenvalue weighted by atomic mass is 10.2. The Morgan fingerprint density at radius 2 is 1.89 bits per heavy atom. The first kappa shape index (κ1) is 16.4. The first-order valence-corrected chi connectivity index (χ1v) is 6.81. The van der Waals surface area contributed by atoms with E-state index in [0.717, 1.165) is 0 Å². The molecule has 19 heavy (non-hydrogen) atoms. The highest BCUT2D eigenvalue weighted by molar-refractivity contribution is 5.69. The molecule has 6 nitrogen and oxygen atoms in total. The molecule has 1 aliphatic rings. The van der Waals surface area contributed by atoms with Crippen LogP contribution in [-0.4, -0.2) is 72.7 Å². The minimum Gasteiger partial charge on any atom is -0.465 e. The molecule has 0 radical (unpaired) electrons. The van der Waals surface area contributed by atoms with E-state index in [-0.39, 0.29) is 12.4 Å². The van der Waals surface area contributed by atoms with Crippen molar-refractivity contribution in [1.82, 2.24) is 4.90 Å². The second-order valence-electron chi connectivity index (χ2n) is 5.33. The third-order valence-corrected chi connectivity index (χ3v) is 2.91. The summed E-state index contributed by atoms with van der Waals surface area (Å²) in [7, 11) is 0. The van der Waals surface area contributed by atoms with E-state index in [0.29, 0.717) is 45.4 Å². The predicted molar refractivity (Wildman–Crippen MR) is 69.7 cm³/mol. The van der Waals surface area contributed by atoms with Gasteiger partial charge in [0.2, 0.25) is 0 Å². The van der Waals surface area contributed by atoms with Crippen LogP contribution in [0.1, 0.15) is 20.3 Å². The van der Waals surface area contributed by atoms with Crippen LogP contribution >= 0.6 is 0 Å². The zero-order chi connectivity index (χ0) is 14.3. The molecule has 0 amide bonds. The molecule has 0 aromatic heterocycles. The summed E-state index contributed by atoms with van der Waals surface area (Å²) in [4.78, 5) is 13.2. The molecule has 2 atom stereocenters. The van der Waals surface area contributed by atoms with Gasteiger partial charge in [-0.1, -0.05) is 13.8 Å². The third kappa shape index (κ3) is 6.87. The summed E-state index contributed by atoms with van der Waals surface area (Å²) in [6.45, 7) is 6.84. The number of aliphatic hydroxyl groups is 2. The Labute approximate surface area is 114 Å². The number of aliphatic hydroxyl groups excluding tert-OH is 2. The van der Waals surface area contributed by atoms with E-state index in [1.807, 2.05) is 18.7 Å². The van der Waals surface area contributed by atoms with Crippen LogP contribution in [0.25, 0.3) is 0 Å². The molecule has 0 bridgehead atoms. The van der Waals surface area contributed by atoms with Gasteiger partial charge in [-0.3, -0.25) is 9.69 Å².